The second-order valence-electron chi connectivity index (χ2n) is 7.16. The van der Waals surface area contributed by atoms with E-state index in [1.54, 1.807) is 54.6 Å². The van der Waals surface area contributed by atoms with Gasteiger partial charge in [0.25, 0.3) is 5.69 Å². The van der Waals surface area contributed by atoms with Gasteiger partial charge in [0.2, 0.25) is 0 Å². The van der Waals surface area contributed by atoms with Crippen LogP contribution in [-0.2, 0) is 11.3 Å². The molecule has 9 heteroatoms. The largest absolute Gasteiger partial charge is 0.506 e. The maximum Gasteiger partial charge on any atom is 0.506 e. The number of urea groups is 1. The molecule has 2 aliphatic rings. The first-order valence-electron chi connectivity index (χ1n) is 9.77. The predicted octanol–water partition coefficient (Wildman–Crippen LogP) is 3.47. The van der Waals surface area contributed by atoms with Crippen LogP contribution < -0.4 is 14.4 Å². The number of non-ortho nitro benzene ring substituents is 1. The lowest BCUT2D eigenvalue weighted by molar-refractivity contribution is -0.446. The van der Waals surface area contributed by atoms with Crippen molar-refractivity contribution < 1.29 is 28.6 Å². The maximum atomic E-state index is 13.5. The fraction of sp³-hybridized carbons (Fsp3) is 0.174. The molecule has 1 heterocycles. The van der Waals surface area contributed by atoms with E-state index in [0.29, 0.717) is 28.5 Å². The van der Waals surface area contributed by atoms with Gasteiger partial charge in [-0.05, 0) is 18.2 Å². The summed E-state index contributed by atoms with van der Waals surface area (Å²) in [4.78, 5) is 38.6. The molecular weight excluding hydrogens is 414 g/mol. The number of benzene rings is 2. The third kappa shape index (κ3) is 3.64. The summed E-state index contributed by atoms with van der Waals surface area (Å²) in [6.45, 7) is 0.0710. The minimum Gasteiger partial charge on any atom is -0.493 e. The van der Waals surface area contributed by atoms with Crippen LogP contribution in [0.15, 0.2) is 66.8 Å². The molecule has 1 atom stereocenters. The van der Waals surface area contributed by atoms with Crippen molar-refractivity contribution in [2.45, 2.75) is 6.54 Å². The first-order chi connectivity index (χ1) is 15.4. The maximum absolute atomic E-state index is 13.5. The van der Waals surface area contributed by atoms with E-state index in [1.165, 1.54) is 30.9 Å². The summed E-state index contributed by atoms with van der Waals surface area (Å²) in [5, 5.41) is 11.2. The minimum atomic E-state index is -0.663. The number of allylic oxidation sites excluding steroid dienone is 3. The Hall–Kier alpha value is -4.27. The van der Waals surface area contributed by atoms with E-state index >= 15 is 0 Å². The highest BCUT2D eigenvalue weighted by atomic mass is 16.6. The van der Waals surface area contributed by atoms with Gasteiger partial charge in [0.1, 0.15) is 23.9 Å². The minimum absolute atomic E-state index is 0.0691. The van der Waals surface area contributed by atoms with Crippen molar-refractivity contribution in [3.8, 4) is 11.5 Å². The second-order valence-corrected chi connectivity index (χ2v) is 7.16. The lowest BCUT2D eigenvalue weighted by Gasteiger charge is -2.27. The Morgan fingerprint density at radius 3 is 2.56 bits per heavy atom. The SMILES string of the molecule is COc1ccc(N2C(=O)C3C=CC=CC3=[N+](Cc3cccc([N+](=O)[O-])c3)C2=O)cc1OC. The van der Waals surface area contributed by atoms with Crippen LogP contribution in [0.4, 0.5) is 16.2 Å². The molecule has 0 aromatic heterocycles. The lowest BCUT2D eigenvalue weighted by Crippen LogP contribution is -2.54. The summed E-state index contributed by atoms with van der Waals surface area (Å²) in [5.74, 6) is -0.211. The van der Waals surface area contributed by atoms with Crippen LogP contribution in [0.3, 0.4) is 0 Å². The molecular formula is C23H20N3O6+. The van der Waals surface area contributed by atoms with Crippen molar-refractivity contribution in [2.75, 3.05) is 19.1 Å². The fourth-order valence-corrected chi connectivity index (χ4v) is 3.77. The van der Waals surface area contributed by atoms with Gasteiger partial charge in [-0.25, -0.2) is 4.79 Å². The van der Waals surface area contributed by atoms with Gasteiger partial charge < -0.3 is 9.47 Å². The molecule has 1 aliphatic heterocycles. The van der Waals surface area contributed by atoms with Crippen molar-refractivity contribution >= 4 is 29.0 Å². The number of carbonyl (C=O) groups is 2. The molecule has 3 amide bonds. The standard InChI is InChI=1S/C23H20N3O6/c1-31-20-11-10-16(13-21(20)32-2)25-22(27)18-8-3-4-9-19(18)24(23(25)28)14-15-6-5-7-17(12-15)26(29)30/h3-13,18H,14H2,1-2H3/q+1. The molecule has 0 saturated carbocycles. The molecule has 0 radical (unpaired) electrons. The summed E-state index contributed by atoms with van der Waals surface area (Å²) in [5.41, 5.74) is 1.36. The number of ether oxygens (including phenoxy) is 2. The van der Waals surface area contributed by atoms with Crippen LogP contribution >= 0.6 is 0 Å². The third-order valence-corrected chi connectivity index (χ3v) is 5.31. The monoisotopic (exact) mass is 434 g/mol. The number of rotatable bonds is 6. The highest BCUT2D eigenvalue weighted by Gasteiger charge is 2.48. The Kier molecular flexibility index (Phi) is 5.55. The van der Waals surface area contributed by atoms with Gasteiger partial charge in [-0.1, -0.05) is 30.4 Å². The molecule has 0 spiro atoms. The zero-order valence-corrected chi connectivity index (χ0v) is 17.4. The van der Waals surface area contributed by atoms with Crippen LogP contribution in [0.1, 0.15) is 5.56 Å². The van der Waals surface area contributed by atoms with E-state index in [2.05, 4.69) is 0 Å². The van der Waals surface area contributed by atoms with Crippen LogP contribution in [0.25, 0.3) is 0 Å². The van der Waals surface area contributed by atoms with Crippen LogP contribution in [0.5, 0.6) is 11.5 Å². The molecule has 32 heavy (non-hydrogen) atoms. The summed E-state index contributed by atoms with van der Waals surface area (Å²) in [7, 11) is 2.96. The van der Waals surface area contributed by atoms with Crippen LogP contribution in [-0.4, -0.2) is 41.4 Å². The number of imide groups is 1. The van der Waals surface area contributed by atoms with Gasteiger partial charge in [-0.2, -0.15) is 9.37 Å². The number of anilines is 1. The van der Waals surface area contributed by atoms with Crippen molar-refractivity contribution in [1.82, 2.24) is 0 Å². The molecule has 2 aromatic carbocycles. The fourth-order valence-electron chi connectivity index (χ4n) is 3.77. The van der Waals surface area contributed by atoms with E-state index in [0.717, 1.165) is 4.90 Å². The van der Waals surface area contributed by atoms with E-state index in [-0.39, 0.29) is 12.2 Å². The number of hydrogen-bond acceptors (Lipinski definition) is 6. The zero-order chi connectivity index (χ0) is 22.8. The quantitative estimate of drug-likeness (QED) is 0.392. The van der Waals surface area contributed by atoms with E-state index in [4.69, 9.17) is 9.47 Å². The first kappa shape index (κ1) is 21.0. The average Bonchev–Trinajstić information content (AvgIpc) is 2.82. The van der Waals surface area contributed by atoms with Crippen LogP contribution in [0, 0.1) is 16.0 Å². The molecule has 4 rings (SSSR count). The Balaban J connectivity index is 1.79. The van der Waals surface area contributed by atoms with E-state index in [9.17, 15) is 19.7 Å². The molecule has 162 valence electrons. The molecule has 1 unspecified atom stereocenters. The molecule has 0 N–H and O–H groups in total. The number of amides is 3. The molecule has 9 nitrogen and oxygen atoms in total. The van der Waals surface area contributed by atoms with E-state index < -0.39 is 22.8 Å². The number of nitrogens with zero attached hydrogens (tertiary/aromatic N) is 3. The second kappa shape index (κ2) is 8.46. The Morgan fingerprint density at radius 1 is 1.06 bits per heavy atom. The average molecular weight is 434 g/mol. The van der Waals surface area contributed by atoms with Crippen LogP contribution in [0.2, 0.25) is 0 Å². The highest BCUT2D eigenvalue weighted by molar-refractivity contribution is 6.25. The summed E-state index contributed by atoms with van der Waals surface area (Å²) < 4.78 is 12.0. The zero-order valence-electron chi connectivity index (χ0n) is 17.4. The number of hydrogen-bond donors (Lipinski definition) is 0. The Labute approximate surface area is 183 Å². The third-order valence-electron chi connectivity index (χ3n) is 5.31. The van der Waals surface area contributed by atoms with Gasteiger partial charge in [0.05, 0.1) is 19.1 Å². The lowest BCUT2D eigenvalue weighted by atomic mass is 9.94. The first-order valence-corrected chi connectivity index (χ1v) is 9.77. The molecule has 0 fully saturated rings. The van der Waals surface area contributed by atoms with Gasteiger partial charge in [-0.15, -0.1) is 4.90 Å². The van der Waals surface area contributed by atoms with Gasteiger partial charge in [0, 0.05) is 23.8 Å². The Bertz CT molecular complexity index is 1210. The van der Waals surface area contributed by atoms with Crippen molar-refractivity contribution in [1.29, 1.82) is 0 Å². The van der Waals surface area contributed by atoms with Gasteiger partial charge >= 0.3 is 11.9 Å². The molecule has 1 aliphatic carbocycles. The highest BCUT2D eigenvalue weighted by Crippen LogP contribution is 2.34. The molecule has 0 bridgehead atoms. The number of methoxy groups -OCH3 is 2. The van der Waals surface area contributed by atoms with E-state index in [1.807, 2.05) is 0 Å². The summed E-state index contributed by atoms with van der Waals surface area (Å²) >= 11 is 0. The predicted molar refractivity (Wildman–Crippen MR) is 116 cm³/mol. The normalized spacial score (nSPS) is 17.4. The summed E-state index contributed by atoms with van der Waals surface area (Å²) in [6, 6.07) is 10.3. The number of nitro groups is 1. The van der Waals surface area contributed by atoms with Crippen molar-refractivity contribution in [3.63, 3.8) is 0 Å². The molecule has 0 saturated heterocycles. The van der Waals surface area contributed by atoms with Gasteiger partial charge in [-0.3, -0.25) is 10.1 Å². The number of nitro benzene ring substituents is 1. The number of carbonyl (C=O) groups excluding carboxylic acids is 2. The Morgan fingerprint density at radius 2 is 1.84 bits per heavy atom. The van der Waals surface area contributed by atoms with Crippen molar-refractivity contribution in [3.05, 3.63) is 82.4 Å². The van der Waals surface area contributed by atoms with Crippen molar-refractivity contribution in [2.24, 2.45) is 5.92 Å². The molecule has 2 aromatic rings. The summed E-state index contributed by atoms with van der Waals surface area (Å²) in [6.07, 6.45) is 6.93. The smallest absolute Gasteiger partial charge is 0.493 e. The topological polar surface area (TPSA) is 102 Å². The number of fused-ring (bicyclic) bond motifs is 1. The van der Waals surface area contributed by atoms with Gasteiger partial charge in [0.15, 0.2) is 11.5 Å².